The number of nitrogens with one attached hydrogen (secondary N) is 1. The molecule has 0 radical (unpaired) electrons. The third-order valence-electron chi connectivity index (χ3n) is 3.48. The molecule has 2 aromatic carbocycles. The number of benzene rings is 2. The van der Waals surface area contributed by atoms with Gasteiger partial charge >= 0.3 is 0 Å². The van der Waals surface area contributed by atoms with Gasteiger partial charge in [-0.3, -0.25) is 5.43 Å². The van der Waals surface area contributed by atoms with Crippen LogP contribution in [0.3, 0.4) is 0 Å². The molecule has 4 nitrogen and oxygen atoms in total. The van der Waals surface area contributed by atoms with Crippen molar-refractivity contribution in [1.82, 2.24) is 9.97 Å². The summed E-state index contributed by atoms with van der Waals surface area (Å²) < 4.78 is 0. The van der Waals surface area contributed by atoms with Gasteiger partial charge in [-0.25, -0.2) is 9.97 Å². The summed E-state index contributed by atoms with van der Waals surface area (Å²) in [6.07, 6.45) is 0. The Morgan fingerprint density at radius 2 is 1.82 bits per heavy atom. The minimum Gasteiger partial charge on any atom is -0.260 e. The van der Waals surface area contributed by atoms with Crippen LogP contribution >= 0.6 is 0 Å². The third-order valence-corrected chi connectivity index (χ3v) is 3.48. The summed E-state index contributed by atoms with van der Waals surface area (Å²) >= 11 is 0. The van der Waals surface area contributed by atoms with Crippen molar-refractivity contribution < 1.29 is 0 Å². The lowest BCUT2D eigenvalue weighted by atomic mass is 10.1. The maximum absolute atomic E-state index is 4.47. The van der Waals surface area contributed by atoms with Gasteiger partial charge in [-0.2, -0.15) is 5.10 Å². The van der Waals surface area contributed by atoms with Gasteiger partial charge in [-0.15, -0.1) is 0 Å². The first kappa shape index (κ1) is 14.2. The zero-order valence-corrected chi connectivity index (χ0v) is 13.0. The molecule has 3 rings (SSSR count). The third kappa shape index (κ3) is 2.96. The van der Waals surface area contributed by atoms with Crippen LogP contribution in [-0.2, 0) is 0 Å². The number of rotatable bonds is 3. The van der Waals surface area contributed by atoms with E-state index in [1.165, 1.54) is 5.56 Å². The Hall–Kier alpha value is -2.75. The van der Waals surface area contributed by atoms with Crippen LogP contribution in [-0.4, -0.2) is 15.7 Å². The number of hydrogen-bond donors (Lipinski definition) is 1. The number of fused-ring (bicyclic) bond motifs is 1. The molecule has 1 aromatic heterocycles. The lowest BCUT2D eigenvalue weighted by molar-refractivity contribution is 1.08. The van der Waals surface area contributed by atoms with Gasteiger partial charge in [0.1, 0.15) is 5.82 Å². The first-order valence-electron chi connectivity index (χ1n) is 7.24. The second-order valence-corrected chi connectivity index (χ2v) is 5.32. The minimum atomic E-state index is 0.726. The van der Waals surface area contributed by atoms with Gasteiger partial charge in [-0.05, 0) is 38.5 Å². The number of aryl methyl sites for hydroxylation is 2. The summed E-state index contributed by atoms with van der Waals surface area (Å²) in [6.45, 7) is 5.94. The molecule has 22 heavy (non-hydrogen) atoms. The predicted octanol–water partition coefficient (Wildman–Crippen LogP) is 4.08. The number of aromatic nitrogens is 2. The first-order valence-corrected chi connectivity index (χ1v) is 7.24. The van der Waals surface area contributed by atoms with Crippen molar-refractivity contribution >= 4 is 22.4 Å². The molecule has 0 aliphatic rings. The van der Waals surface area contributed by atoms with Gasteiger partial charge in [0.2, 0.25) is 0 Å². The second-order valence-electron chi connectivity index (χ2n) is 5.32. The van der Waals surface area contributed by atoms with Crippen molar-refractivity contribution in [2.75, 3.05) is 5.43 Å². The highest BCUT2D eigenvalue weighted by Crippen LogP contribution is 2.20. The molecule has 1 N–H and O–H groups in total. The molecule has 110 valence electrons. The van der Waals surface area contributed by atoms with Crippen LogP contribution in [0, 0.1) is 13.8 Å². The van der Waals surface area contributed by atoms with E-state index in [0.717, 1.165) is 33.8 Å². The summed E-state index contributed by atoms with van der Waals surface area (Å²) in [4.78, 5) is 8.89. The second kappa shape index (κ2) is 5.93. The van der Waals surface area contributed by atoms with Crippen LogP contribution in [0.15, 0.2) is 53.6 Å². The molecule has 3 aromatic rings. The van der Waals surface area contributed by atoms with Crippen molar-refractivity contribution in [2.24, 2.45) is 5.10 Å². The molecule has 0 unspecified atom stereocenters. The van der Waals surface area contributed by atoms with Crippen LogP contribution in [0.2, 0.25) is 0 Å². The van der Waals surface area contributed by atoms with Gasteiger partial charge in [-0.1, -0.05) is 42.0 Å². The highest BCUT2D eigenvalue weighted by atomic mass is 15.3. The summed E-state index contributed by atoms with van der Waals surface area (Å²) in [5.74, 6) is 1.46. The fourth-order valence-electron chi connectivity index (χ4n) is 2.35. The number of hydrogen-bond acceptors (Lipinski definition) is 4. The monoisotopic (exact) mass is 290 g/mol. The number of para-hydroxylation sites is 1. The van der Waals surface area contributed by atoms with E-state index in [-0.39, 0.29) is 0 Å². The van der Waals surface area contributed by atoms with E-state index in [1.807, 2.05) is 44.2 Å². The van der Waals surface area contributed by atoms with E-state index >= 15 is 0 Å². The maximum atomic E-state index is 4.47. The molecule has 0 atom stereocenters. The van der Waals surface area contributed by atoms with Gasteiger partial charge in [0.05, 0.1) is 11.2 Å². The smallest absolute Gasteiger partial charge is 0.157 e. The van der Waals surface area contributed by atoms with Crippen molar-refractivity contribution in [3.8, 4) is 0 Å². The molecule has 0 saturated carbocycles. The Balaban J connectivity index is 1.95. The van der Waals surface area contributed by atoms with Crippen LogP contribution in [0.25, 0.3) is 10.9 Å². The number of anilines is 1. The van der Waals surface area contributed by atoms with Gasteiger partial charge in [0, 0.05) is 5.39 Å². The van der Waals surface area contributed by atoms with Crippen molar-refractivity contribution in [1.29, 1.82) is 0 Å². The van der Waals surface area contributed by atoms with E-state index in [4.69, 9.17) is 0 Å². The van der Waals surface area contributed by atoms with Crippen molar-refractivity contribution in [2.45, 2.75) is 20.8 Å². The van der Waals surface area contributed by atoms with Gasteiger partial charge in [0.25, 0.3) is 0 Å². The molecule has 4 heteroatoms. The number of nitrogens with zero attached hydrogens (tertiary/aromatic N) is 3. The lowest BCUT2D eigenvalue weighted by Gasteiger charge is -2.07. The fourth-order valence-corrected chi connectivity index (χ4v) is 2.35. The molecule has 0 aliphatic carbocycles. The van der Waals surface area contributed by atoms with Gasteiger partial charge < -0.3 is 0 Å². The molecular formula is C18H18N4. The van der Waals surface area contributed by atoms with Crippen molar-refractivity contribution in [3.05, 3.63) is 65.5 Å². The quantitative estimate of drug-likeness (QED) is 0.584. The van der Waals surface area contributed by atoms with Crippen molar-refractivity contribution in [3.63, 3.8) is 0 Å². The maximum Gasteiger partial charge on any atom is 0.157 e. The Bertz CT molecular complexity index is 853. The molecular weight excluding hydrogens is 272 g/mol. The van der Waals surface area contributed by atoms with E-state index in [1.54, 1.807) is 0 Å². The average molecular weight is 290 g/mol. The molecule has 1 heterocycles. The molecule has 0 spiro atoms. The zero-order chi connectivity index (χ0) is 15.5. The molecule has 0 fully saturated rings. The van der Waals surface area contributed by atoms with E-state index in [2.05, 4.69) is 45.6 Å². The van der Waals surface area contributed by atoms with E-state index in [9.17, 15) is 0 Å². The number of hydrazone groups is 1. The highest BCUT2D eigenvalue weighted by Gasteiger charge is 2.05. The normalized spacial score (nSPS) is 11.7. The highest BCUT2D eigenvalue weighted by molar-refractivity contribution is 5.99. The fraction of sp³-hybridized carbons (Fsp3) is 0.167. The molecule has 0 aliphatic heterocycles. The van der Waals surface area contributed by atoms with Crippen LogP contribution in [0.5, 0.6) is 0 Å². The molecule has 0 bridgehead atoms. The topological polar surface area (TPSA) is 50.2 Å². The predicted molar refractivity (Wildman–Crippen MR) is 91.3 cm³/mol. The Morgan fingerprint density at radius 3 is 2.64 bits per heavy atom. The average Bonchev–Trinajstić information content (AvgIpc) is 2.52. The standard InChI is InChI=1S/C18H18N4/c1-12-7-6-8-15(11-12)13(2)21-22-18-16-9-4-5-10-17(16)19-14(3)20-18/h4-11H,1-3H3,(H,19,20,22)/b21-13-. The SMILES string of the molecule is C/C(=N/Nc1nc(C)nc2ccccc12)c1cccc(C)c1. The minimum absolute atomic E-state index is 0.726. The van der Waals surface area contributed by atoms with Gasteiger partial charge in [0.15, 0.2) is 5.82 Å². The zero-order valence-electron chi connectivity index (χ0n) is 13.0. The van der Waals surface area contributed by atoms with Crippen LogP contribution in [0.4, 0.5) is 5.82 Å². The Labute approximate surface area is 129 Å². The first-order chi connectivity index (χ1) is 10.6. The van der Waals surface area contributed by atoms with E-state index < -0.39 is 0 Å². The summed E-state index contributed by atoms with van der Waals surface area (Å²) in [5.41, 5.74) is 7.24. The summed E-state index contributed by atoms with van der Waals surface area (Å²) in [6, 6.07) is 16.2. The molecule has 0 saturated heterocycles. The van der Waals surface area contributed by atoms with Crippen LogP contribution in [0.1, 0.15) is 23.9 Å². The largest absolute Gasteiger partial charge is 0.260 e. The molecule has 0 amide bonds. The Kier molecular flexibility index (Phi) is 3.83. The lowest BCUT2D eigenvalue weighted by Crippen LogP contribution is -2.03. The van der Waals surface area contributed by atoms with Crippen LogP contribution < -0.4 is 5.43 Å². The van der Waals surface area contributed by atoms with E-state index in [0.29, 0.717) is 0 Å². The summed E-state index contributed by atoms with van der Waals surface area (Å²) in [5, 5.41) is 5.44. The summed E-state index contributed by atoms with van der Waals surface area (Å²) in [7, 11) is 0. The Morgan fingerprint density at radius 1 is 1.00 bits per heavy atom.